The molecule has 2 aromatic rings. The van der Waals surface area contributed by atoms with Crippen molar-refractivity contribution < 1.29 is 0 Å². The summed E-state index contributed by atoms with van der Waals surface area (Å²) in [5, 5.41) is 6.60. The number of aromatic nitrogens is 4. The lowest BCUT2D eigenvalue weighted by Crippen LogP contribution is -2.41. The summed E-state index contributed by atoms with van der Waals surface area (Å²) in [6, 6.07) is 2.11. The fourth-order valence-corrected chi connectivity index (χ4v) is 3.38. The molecule has 0 bridgehead atoms. The summed E-state index contributed by atoms with van der Waals surface area (Å²) >= 11 is 6.44. The Balaban J connectivity index is 1.99. The summed E-state index contributed by atoms with van der Waals surface area (Å²) in [5.41, 5.74) is 0.332. The predicted molar refractivity (Wildman–Crippen MR) is 78.6 cm³/mol. The second-order valence-corrected chi connectivity index (χ2v) is 5.92. The lowest BCUT2D eigenvalue weighted by Gasteiger charge is -2.35. The Labute approximate surface area is 121 Å². The van der Waals surface area contributed by atoms with Crippen LogP contribution in [-0.2, 0) is 0 Å². The molecule has 0 amide bonds. The molecule has 2 atom stereocenters. The number of hydrogen-bond donors (Lipinski definition) is 1. The van der Waals surface area contributed by atoms with Crippen molar-refractivity contribution in [2.24, 2.45) is 0 Å². The molecule has 2 unspecified atom stereocenters. The fraction of sp³-hybridized carbons (Fsp3) is 0.615. The van der Waals surface area contributed by atoms with Gasteiger partial charge in [0.05, 0.1) is 5.38 Å². The van der Waals surface area contributed by atoms with Gasteiger partial charge in [-0.1, -0.05) is 12.8 Å². The molecule has 1 fully saturated rings. The number of rotatable bonds is 2. The van der Waals surface area contributed by atoms with E-state index in [9.17, 15) is 4.79 Å². The molecule has 1 aliphatic rings. The van der Waals surface area contributed by atoms with E-state index in [1.807, 2.05) is 13.1 Å². The molecule has 1 saturated carbocycles. The van der Waals surface area contributed by atoms with Crippen LogP contribution in [0.2, 0.25) is 0 Å². The van der Waals surface area contributed by atoms with E-state index in [-0.39, 0.29) is 17.1 Å². The third kappa shape index (κ3) is 2.18. The van der Waals surface area contributed by atoms with Gasteiger partial charge in [0.2, 0.25) is 0 Å². The number of anilines is 1. The van der Waals surface area contributed by atoms with Crippen LogP contribution < -0.4 is 10.6 Å². The summed E-state index contributed by atoms with van der Waals surface area (Å²) < 4.78 is 1.47. The van der Waals surface area contributed by atoms with Crippen LogP contribution in [0.5, 0.6) is 0 Å². The van der Waals surface area contributed by atoms with Gasteiger partial charge in [0, 0.05) is 19.2 Å². The smallest absolute Gasteiger partial charge is 0.349 e. The molecule has 2 aromatic heterocycles. The van der Waals surface area contributed by atoms with Crippen LogP contribution in [0.1, 0.15) is 31.5 Å². The maximum absolute atomic E-state index is 11.6. The zero-order valence-electron chi connectivity index (χ0n) is 11.6. The Kier molecular flexibility index (Phi) is 3.41. The van der Waals surface area contributed by atoms with Crippen LogP contribution in [-0.4, -0.2) is 38.0 Å². The topological polar surface area (TPSA) is 66.3 Å². The maximum atomic E-state index is 11.6. The van der Waals surface area contributed by atoms with Gasteiger partial charge in [-0.2, -0.15) is 5.10 Å². The van der Waals surface area contributed by atoms with Gasteiger partial charge in [-0.05, 0) is 19.8 Å². The average Bonchev–Trinajstić information content (AvgIpc) is 2.80. The van der Waals surface area contributed by atoms with E-state index in [2.05, 4.69) is 20.1 Å². The molecule has 2 heterocycles. The minimum Gasteiger partial charge on any atom is -0.355 e. The van der Waals surface area contributed by atoms with Gasteiger partial charge >= 0.3 is 5.69 Å². The highest BCUT2D eigenvalue weighted by atomic mass is 35.5. The number of fused-ring (bicyclic) bond motifs is 1. The van der Waals surface area contributed by atoms with Gasteiger partial charge in [-0.15, -0.1) is 11.6 Å². The standard InChI is InChI=1S/C13H18ClN5O/c1-8-15-11(7-12-16-17-13(20)19(8)12)18(2)10-6-4-3-5-9(10)14/h7,9-10H,3-6H2,1-2H3,(H,17,20). The van der Waals surface area contributed by atoms with E-state index < -0.39 is 0 Å². The highest BCUT2D eigenvalue weighted by molar-refractivity contribution is 6.21. The van der Waals surface area contributed by atoms with Gasteiger partial charge < -0.3 is 4.90 Å². The van der Waals surface area contributed by atoms with Crippen molar-refractivity contribution in [2.45, 2.75) is 44.0 Å². The molecular weight excluding hydrogens is 278 g/mol. The van der Waals surface area contributed by atoms with E-state index in [4.69, 9.17) is 11.6 Å². The normalized spacial score (nSPS) is 23.1. The van der Waals surface area contributed by atoms with Gasteiger partial charge in [0.25, 0.3) is 0 Å². The third-order valence-electron chi connectivity index (χ3n) is 4.06. The van der Waals surface area contributed by atoms with E-state index in [1.54, 1.807) is 6.92 Å². The molecular formula is C13H18ClN5O. The van der Waals surface area contributed by atoms with E-state index in [0.717, 1.165) is 18.7 Å². The monoisotopic (exact) mass is 295 g/mol. The van der Waals surface area contributed by atoms with Crippen molar-refractivity contribution in [3.8, 4) is 0 Å². The lowest BCUT2D eigenvalue weighted by atomic mass is 9.94. The van der Waals surface area contributed by atoms with Crippen LogP contribution in [0.3, 0.4) is 0 Å². The van der Waals surface area contributed by atoms with Crippen molar-refractivity contribution in [2.75, 3.05) is 11.9 Å². The molecule has 1 aliphatic carbocycles. The Hall–Kier alpha value is -1.56. The summed E-state index contributed by atoms with van der Waals surface area (Å²) in [7, 11) is 2.01. The minimum absolute atomic E-state index is 0.147. The average molecular weight is 296 g/mol. The maximum Gasteiger partial charge on any atom is 0.349 e. The highest BCUT2D eigenvalue weighted by Gasteiger charge is 2.28. The third-order valence-corrected chi connectivity index (χ3v) is 4.57. The Morgan fingerprint density at radius 2 is 2.20 bits per heavy atom. The fourth-order valence-electron chi connectivity index (χ4n) is 2.94. The first-order valence-corrected chi connectivity index (χ1v) is 7.33. The Morgan fingerprint density at radius 3 is 2.95 bits per heavy atom. The van der Waals surface area contributed by atoms with Crippen LogP contribution in [0.15, 0.2) is 10.9 Å². The van der Waals surface area contributed by atoms with E-state index in [1.165, 1.54) is 17.2 Å². The molecule has 3 rings (SSSR count). The number of hydrogen-bond acceptors (Lipinski definition) is 4. The number of nitrogens with zero attached hydrogens (tertiary/aromatic N) is 4. The molecule has 0 radical (unpaired) electrons. The van der Waals surface area contributed by atoms with E-state index in [0.29, 0.717) is 11.5 Å². The van der Waals surface area contributed by atoms with Crippen LogP contribution in [0.25, 0.3) is 5.65 Å². The van der Waals surface area contributed by atoms with E-state index >= 15 is 0 Å². The van der Waals surface area contributed by atoms with Crippen molar-refractivity contribution in [3.05, 3.63) is 22.4 Å². The first-order valence-electron chi connectivity index (χ1n) is 6.89. The summed E-state index contributed by atoms with van der Waals surface area (Å²) in [4.78, 5) is 18.2. The molecule has 20 heavy (non-hydrogen) atoms. The lowest BCUT2D eigenvalue weighted by molar-refractivity contribution is 0.432. The van der Waals surface area contributed by atoms with Gasteiger partial charge in [-0.3, -0.25) is 0 Å². The second-order valence-electron chi connectivity index (χ2n) is 5.36. The van der Waals surface area contributed by atoms with Gasteiger partial charge in [-0.25, -0.2) is 19.3 Å². The number of alkyl halides is 1. The summed E-state index contributed by atoms with van der Waals surface area (Å²) in [5.74, 6) is 1.44. The van der Waals surface area contributed by atoms with Crippen molar-refractivity contribution in [1.29, 1.82) is 0 Å². The minimum atomic E-state index is -0.257. The number of nitrogens with one attached hydrogen (secondary N) is 1. The molecule has 1 N–H and O–H groups in total. The quantitative estimate of drug-likeness (QED) is 0.857. The van der Waals surface area contributed by atoms with Gasteiger partial charge in [0.1, 0.15) is 11.6 Å². The number of aromatic amines is 1. The van der Waals surface area contributed by atoms with Crippen LogP contribution in [0, 0.1) is 6.92 Å². The zero-order chi connectivity index (χ0) is 14.3. The largest absolute Gasteiger partial charge is 0.355 e. The Bertz CT molecular complexity index is 679. The molecule has 0 aliphatic heterocycles. The molecule has 0 aromatic carbocycles. The molecule has 0 saturated heterocycles. The van der Waals surface area contributed by atoms with Crippen LogP contribution in [0.4, 0.5) is 5.82 Å². The number of aryl methyl sites for hydroxylation is 1. The van der Waals surface area contributed by atoms with Crippen LogP contribution >= 0.6 is 11.6 Å². The first kappa shape index (κ1) is 13.4. The highest BCUT2D eigenvalue weighted by Crippen LogP contribution is 2.29. The first-order chi connectivity index (χ1) is 9.58. The van der Waals surface area contributed by atoms with Crippen molar-refractivity contribution in [1.82, 2.24) is 19.6 Å². The molecule has 6 nitrogen and oxygen atoms in total. The Morgan fingerprint density at radius 1 is 1.45 bits per heavy atom. The molecule has 108 valence electrons. The van der Waals surface area contributed by atoms with Crippen molar-refractivity contribution in [3.63, 3.8) is 0 Å². The SMILES string of the molecule is Cc1nc(N(C)C2CCCCC2Cl)cc2n[nH]c(=O)n12. The second kappa shape index (κ2) is 5.09. The number of halogens is 1. The zero-order valence-corrected chi connectivity index (χ0v) is 12.4. The molecule has 0 spiro atoms. The van der Waals surface area contributed by atoms with Crippen molar-refractivity contribution >= 4 is 23.1 Å². The molecule has 7 heteroatoms. The summed E-state index contributed by atoms with van der Waals surface area (Å²) in [6.07, 6.45) is 4.50. The number of H-pyrrole nitrogens is 1. The van der Waals surface area contributed by atoms with Gasteiger partial charge in [0.15, 0.2) is 5.65 Å². The summed E-state index contributed by atoms with van der Waals surface area (Å²) in [6.45, 7) is 1.81. The predicted octanol–water partition coefficient (Wildman–Crippen LogP) is 1.71.